The number of carbonyl (C=O) groups excluding carboxylic acids is 1. The fraction of sp³-hybridized carbons (Fsp3) is 0.385. The third kappa shape index (κ3) is 5.33. The van der Waals surface area contributed by atoms with Gasteiger partial charge in [0.2, 0.25) is 0 Å². The smallest absolute Gasteiger partial charge is 0.416 e. The van der Waals surface area contributed by atoms with Gasteiger partial charge in [0.15, 0.2) is 11.7 Å². The van der Waals surface area contributed by atoms with Crippen LogP contribution >= 0.6 is 0 Å². The zero-order valence-corrected chi connectivity index (χ0v) is 20.2. The number of halogens is 3. The van der Waals surface area contributed by atoms with Gasteiger partial charge in [-0.25, -0.2) is 14.8 Å². The fourth-order valence-electron chi connectivity index (χ4n) is 4.15. The highest BCUT2D eigenvalue weighted by Gasteiger charge is 2.32. The van der Waals surface area contributed by atoms with Crippen molar-refractivity contribution in [2.24, 2.45) is 0 Å². The molecule has 1 aromatic heterocycles. The summed E-state index contributed by atoms with van der Waals surface area (Å²) in [4.78, 5) is 18.8. The maximum Gasteiger partial charge on any atom is 0.416 e. The van der Waals surface area contributed by atoms with E-state index in [0.29, 0.717) is 54.6 Å². The van der Waals surface area contributed by atoms with Gasteiger partial charge in [0.25, 0.3) is 0 Å². The molecule has 0 aliphatic carbocycles. The first-order chi connectivity index (χ1) is 17.1. The van der Waals surface area contributed by atoms with Crippen LogP contribution < -0.4 is 4.74 Å². The number of alkyl halides is 3. The maximum absolute atomic E-state index is 13.1. The molecular weight excluding hydrogens is 475 g/mol. The van der Waals surface area contributed by atoms with E-state index in [1.807, 2.05) is 12.1 Å². The Morgan fingerprint density at radius 1 is 1.08 bits per heavy atom. The van der Waals surface area contributed by atoms with Crippen molar-refractivity contribution in [1.82, 2.24) is 14.9 Å². The first-order valence-corrected chi connectivity index (χ1v) is 11.7. The molecule has 1 saturated heterocycles. The molecular formula is C26H28F3N3O4. The van der Waals surface area contributed by atoms with Crippen LogP contribution in [0.15, 0.2) is 52.9 Å². The van der Waals surface area contributed by atoms with Crippen LogP contribution in [0, 0.1) is 0 Å². The first kappa shape index (κ1) is 25.6. The molecule has 0 atom stereocenters. The average Bonchev–Trinajstić information content (AvgIpc) is 3.33. The Hall–Kier alpha value is -3.53. The number of benzene rings is 2. The number of carbonyl (C=O) groups is 1. The van der Waals surface area contributed by atoms with Crippen LogP contribution in [-0.2, 0) is 6.18 Å². The van der Waals surface area contributed by atoms with Gasteiger partial charge in [-0.05, 0) is 63.1 Å². The summed E-state index contributed by atoms with van der Waals surface area (Å²) in [6, 6.07) is 11.2. The molecule has 1 N–H and O–H groups in total. The van der Waals surface area contributed by atoms with Gasteiger partial charge in [0.1, 0.15) is 11.4 Å². The molecule has 36 heavy (non-hydrogen) atoms. The van der Waals surface area contributed by atoms with Crippen LogP contribution in [0.1, 0.15) is 44.1 Å². The van der Waals surface area contributed by atoms with Gasteiger partial charge >= 0.3 is 12.2 Å². The largest absolute Gasteiger partial charge is 0.497 e. The number of likely N-dealkylation sites (tertiary alicyclic amines) is 1. The van der Waals surface area contributed by atoms with E-state index >= 15 is 0 Å². The molecule has 192 valence electrons. The van der Waals surface area contributed by atoms with Gasteiger partial charge in [0, 0.05) is 30.1 Å². The lowest BCUT2D eigenvalue weighted by atomic mass is 9.97. The summed E-state index contributed by atoms with van der Waals surface area (Å²) >= 11 is 0. The van der Waals surface area contributed by atoms with Crippen molar-refractivity contribution >= 4 is 6.03 Å². The lowest BCUT2D eigenvalue weighted by Gasteiger charge is -2.33. The summed E-state index contributed by atoms with van der Waals surface area (Å²) in [7, 11) is 1.56. The summed E-state index contributed by atoms with van der Waals surface area (Å²) in [5.41, 5.74) is 0.995. The van der Waals surface area contributed by atoms with E-state index in [2.05, 4.69) is 0 Å². The minimum absolute atomic E-state index is 0.0829. The number of oxazole rings is 1. The van der Waals surface area contributed by atoms with Crippen molar-refractivity contribution in [3.05, 3.63) is 60.0 Å². The van der Waals surface area contributed by atoms with E-state index in [0.717, 1.165) is 22.8 Å². The Morgan fingerprint density at radius 3 is 2.19 bits per heavy atom. The normalized spacial score (nSPS) is 14.8. The molecule has 0 unspecified atom stereocenters. The highest BCUT2D eigenvalue weighted by atomic mass is 19.4. The molecule has 0 spiro atoms. The summed E-state index contributed by atoms with van der Waals surface area (Å²) < 4.78 is 50.6. The lowest BCUT2D eigenvalue weighted by molar-refractivity contribution is -0.137. The van der Waals surface area contributed by atoms with Crippen LogP contribution in [-0.4, -0.2) is 52.4 Å². The number of aromatic nitrogens is 1. The monoisotopic (exact) mass is 503 g/mol. The Labute approximate surface area is 207 Å². The average molecular weight is 504 g/mol. The van der Waals surface area contributed by atoms with Crippen LogP contribution in [0.25, 0.3) is 22.6 Å². The lowest BCUT2D eigenvalue weighted by Crippen LogP contribution is -2.47. The summed E-state index contributed by atoms with van der Waals surface area (Å²) in [5, 5.41) is 10.7. The minimum Gasteiger partial charge on any atom is -0.497 e. The van der Waals surface area contributed by atoms with Crippen LogP contribution in [0.3, 0.4) is 0 Å². The van der Waals surface area contributed by atoms with Crippen molar-refractivity contribution in [3.8, 4) is 28.3 Å². The number of hydroxylamine groups is 2. The molecule has 3 aromatic rings. The predicted octanol–water partition coefficient (Wildman–Crippen LogP) is 6.44. The summed E-state index contributed by atoms with van der Waals surface area (Å²) in [6.45, 7) is 4.29. The molecule has 1 aliphatic rings. The van der Waals surface area contributed by atoms with E-state index < -0.39 is 17.8 Å². The number of piperidine rings is 1. The summed E-state index contributed by atoms with van der Waals surface area (Å²) in [6.07, 6.45) is -3.28. The van der Waals surface area contributed by atoms with Crippen molar-refractivity contribution in [2.45, 2.75) is 44.8 Å². The zero-order chi connectivity index (χ0) is 26.0. The van der Waals surface area contributed by atoms with E-state index in [1.165, 1.54) is 12.1 Å². The Morgan fingerprint density at radius 2 is 1.67 bits per heavy atom. The van der Waals surface area contributed by atoms with Gasteiger partial charge < -0.3 is 14.1 Å². The van der Waals surface area contributed by atoms with Gasteiger partial charge in [-0.1, -0.05) is 12.1 Å². The van der Waals surface area contributed by atoms with E-state index in [-0.39, 0.29) is 12.0 Å². The molecule has 2 amide bonds. The Bertz CT molecular complexity index is 1180. The van der Waals surface area contributed by atoms with Gasteiger partial charge in [-0.3, -0.25) is 5.21 Å². The second kappa shape index (κ2) is 10.2. The third-order valence-electron chi connectivity index (χ3n) is 6.28. The number of urea groups is 1. The van der Waals surface area contributed by atoms with Gasteiger partial charge in [-0.2, -0.15) is 13.2 Å². The molecule has 2 heterocycles. The highest BCUT2D eigenvalue weighted by Crippen LogP contribution is 2.39. The molecule has 4 rings (SSSR count). The number of hydrogen-bond donors (Lipinski definition) is 1. The van der Waals surface area contributed by atoms with E-state index in [1.54, 1.807) is 38.0 Å². The predicted molar refractivity (Wildman–Crippen MR) is 127 cm³/mol. The molecule has 7 nitrogen and oxygen atoms in total. The SMILES string of the molecule is COc1ccc(-c2nc(C3CCN(C(=O)N(O)C(C)C)CC3)oc2-c2ccc(C(F)(F)F)cc2)cc1. The third-order valence-corrected chi connectivity index (χ3v) is 6.28. The number of methoxy groups -OCH3 is 1. The van der Waals surface area contributed by atoms with Crippen LogP contribution in [0.4, 0.5) is 18.0 Å². The number of ether oxygens (including phenoxy) is 1. The Balaban J connectivity index is 1.63. The standard InChI is InChI=1S/C26H28F3N3O4/c1-16(2)32(34)25(33)31-14-12-19(13-15-31)24-30-22(17-6-10-21(35-3)11-7-17)23(36-24)18-4-8-20(9-5-18)26(27,28)29/h4-11,16,19,34H,12-15H2,1-3H3. The minimum atomic E-state index is -4.44. The maximum atomic E-state index is 13.1. The second-order valence-corrected chi connectivity index (χ2v) is 9.02. The number of nitrogens with zero attached hydrogens (tertiary/aromatic N) is 3. The highest BCUT2D eigenvalue weighted by molar-refractivity contribution is 5.77. The fourth-order valence-corrected chi connectivity index (χ4v) is 4.15. The molecule has 1 fully saturated rings. The number of hydrogen-bond acceptors (Lipinski definition) is 5. The van der Waals surface area contributed by atoms with Crippen LogP contribution in [0.2, 0.25) is 0 Å². The molecule has 1 aliphatic heterocycles. The van der Waals surface area contributed by atoms with Crippen molar-refractivity contribution in [1.29, 1.82) is 0 Å². The van der Waals surface area contributed by atoms with E-state index in [9.17, 15) is 23.2 Å². The molecule has 2 aromatic carbocycles. The molecule has 0 bridgehead atoms. The zero-order valence-electron chi connectivity index (χ0n) is 20.2. The van der Waals surface area contributed by atoms with Gasteiger partial charge in [0.05, 0.1) is 18.7 Å². The molecule has 0 radical (unpaired) electrons. The van der Waals surface area contributed by atoms with Gasteiger partial charge in [-0.15, -0.1) is 0 Å². The topological polar surface area (TPSA) is 79.0 Å². The van der Waals surface area contributed by atoms with E-state index in [4.69, 9.17) is 14.1 Å². The second-order valence-electron chi connectivity index (χ2n) is 9.02. The quantitative estimate of drug-likeness (QED) is 0.320. The number of amides is 2. The van der Waals surface area contributed by atoms with Crippen molar-refractivity contribution in [2.75, 3.05) is 20.2 Å². The number of rotatable bonds is 5. The Kier molecular flexibility index (Phi) is 7.26. The van der Waals surface area contributed by atoms with Crippen molar-refractivity contribution < 1.29 is 32.3 Å². The molecule has 10 heteroatoms. The summed E-state index contributed by atoms with van der Waals surface area (Å²) in [5.74, 6) is 1.42. The van der Waals surface area contributed by atoms with Crippen molar-refractivity contribution in [3.63, 3.8) is 0 Å². The first-order valence-electron chi connectivity index (χ1n) is 11.7. The molecule has 0 saturated carbocycles. The van der Waals surface area contributed by atoms with Crippen LogP contribution in [0.5, 0.6) is 5.75 Å².